The standard InChI is InChI=1S/C20H28F2N6O.HI/c1-2-23-20(26-14-18-24-7-8-28(18)19(21)22)25-13-16-5-3-4-6-17(16)15-27-9-11-29-12-10-27;/h3-8,19H,2,9-15H2,1H3,(H2,23,25,26);1H. The molecule has 1 fully saturated rings. The second kappa shape index (κ2) is 12.8. The van der Waals surface area contributed by atoms with Crippen LogP contribution in [0.5, 0.6) is 0 Å². The predicted octanol–water partition coefficient (Wildman–Crippen LogP) is 2.98. The number of benzene rings is 1. The number of guanidine groups is 1. The first-order chi connectivity index (χ1) is 14.2. The van der Waals surface area contributed by atoms with Gasteiger partial charge in [-0.1, -0.05) is 24.3 Å². The monoisotopic (exact) mass is 534 g/mol. The van der Waals surface area contributed by atoms with Crippen molar-refractivity contribution in [2.75, 3.05) is 32.8 Å². The van der Waals surface area contributed by atoms with Crippen LogP contribution in [-0.2, 0) is 24.4 Å². The van der Waals surface area contributed by atoms with Crippen LogP contribution in [0.15, 0.2) is 41.7 Å². The van der Waals surface area contributed by atoms with E-state index >= 15 is 0 Å². The summed E-state index contributed by atoms with van der Waals surface area (Å²) in [6.07, 6.45) is 2.64. The Morgan fingerprint density at radius 3 is 2.63 bits per heavy atom. The molecule has 0 radical (unpaired) electrons. The van der Waals surface area contributed by atoms with Gasteiger partial charge in [-0.15, -0.1) is 24.0 Å². The van der Waals surface area contributed by atoms with Gasteiger partial charge in [-0.3, -0.25) is 9.47 Å². The Morgan fingerprint density at radius 1 is 1.20 bits per heavy atom. The summed E-state index contributed by atoms with van der Waals surface area (Å²) in [5.74, 6) is 0.829. The molecule has 1 saturated heterocycles. The van der Waals surface area contributed by atoms with E-state index in [4.69, 9.17) is 4.74 Å². The topological polar surface area (TPSA) is 66.7 Å². The highest BCUT2D eigenvalue weighted by atomic mass is 127. The lowest BCUT2D eigenvalue weighted by Gasteiger charge is -2.27. The van der Waals surface area contributed by atoms with Gasteiger partial charge in [0.1, 0.15) is 5.82 Å². The Labute approximate surface area is 192 Å². The lowest BCUT2D eigenvalue weighted by Crippen LogP contribution is -2.37. The first kappa shape index (κ1) is 24.5. The Hall–Kier alpha value is -1.79. The number of aromatic nitrogens is 2. The van der Waals surface area contributed by atoms with E-state index in [0.29, 0.717) is 19.0 Å². The van der Waals surface area contributed by atoms with E-state index in [9.17, 15) is 8.78 Å². The highest BCUT2D eigenvalue weighted by Crippen LogP contribution is 2.14. The van der Waals surface area contributed by atoms with E-state index in [1.165, 1.54) is 18.0 Å². The maximum absolute atomic E-state index is 13.0. The summed E-state index contributed by atoms with van der Waals surface area (Å²) in [6.45, 7) is 4.95. The van der Waals surface area contributed by atoms with Crippen molar-refractivity contribution in [3.63, 3.8) is 0 Å². The number of alkyl halides is 2. The van der Waals surface area contributed by atoms with Crippen molar-refractivity contribution in [3.8, 4) is 0 Å². The molecule has 1 aliphatic rings. The average Bonchev–Trinajstić information content (AvgIpc) is 3.21. The third-order valence-corrected chi connectivity index (χ3v) is 4.74. The van der Waals surface area contributed by atoms with E-state index in [1.807, 2.05) is 19.1 Å². The number of rotatable bonds is 8. The molecule has 3 rings (SSSR count). The Balaban J connectivity index is 0.00000320. The quantitative estimate of drug-likeness (QED) is 0.310. The summed E-state index contributed by atoms with van der Waals surface area (Å²) < 4.78 is 32.2. The van der Waals surface area contributed by atoms with Crippen molar-refractivity contribution in [2.45, 2.75) is 33.1 Å². The molecule has 10 heteroatoms. The molecule has 1 aromatic heterocycles. The first-order valence-electron chi connectivity index (χ1n) is 9.86. The molecule has 2 N–H and O–H groups in total. The summed E-state index contributed by atoms with van der Waals surface area (Å²) >= 11 is 0. The van der Waals surface area contributed by atoms with E-state index in [1.54, 1.807) is 0 Å². The summed E-state index contributed by atoms with van der Waals surface area (Å²) in [7, 11) is 0. The van der Waals surface area contributed by atoms with Crippen molar-refractivity contribution in [2.24, 2.45) is 4.99 Å². The fraction of sp³-hybridized carbons (Fsp3) is 0.500. The summed E-state index contributed by atoms with van der Waals surface area (Å²) in [5.41, 5.74) is 2.38. The normalized spacial score (nSPS) is 15.1. The van der Waals surface area contributed by atoms with Crippen LogP contribution in [0.25, 0.3) is 0 Å². The Morgan fingerprint density at radius 2 is 1.93 bits per heavy atom. The van der Waals surface area contributed by atoms with E-state index < -0.39 is 6.55 Å². The summed E-state index contributed by atoms with van der Waals surface area (Å²) in [4.78, 5) is 11.0. The van der Waals surface area contributed by atoms with Gasteiger partial charge in [0.15, 0.2) is 5.96 Å². The molecule has 166 valence electrons. The van der Waals surface area contributed by atoms with E-state index in [2.05, 4.69) is 37.6 Å². The van der Waals surface area contributed by atoms with Crippen LogP contribution in [0.1, 0.15) is 30.4 Å². The van der Waals surface area contributed by atoms with Crippen LogP contribution < -0.4 is 10.6 Å². The number of hydrogen-bond acceptors (Lipinski definition) is 4. The lowest BCUT2D eigenvalue weighted by molar-refractivity contribution is 0.0341. The van der Waals surface area contributed by atoms with E-state index in [0.717, 1.165) is 43.0 Å². The number of imidazole rings is 1. The van der Waals surface area contributed by atoms with Gasteiger partial charge < -0.3 is 15.4 Å². The highest BCUT2D eigenvalue weighted by molar-refractivity contribution is 14.0. The molecule has 0 saturated carbocycles. The Bertz CT molecular complexity index is 795. The van der Waals surface area contributed by atoms with Gasteiger partial charge in [-0.05, 0) is 18.1 Å². The smallest absolute Gasteiger partial charge is 0.319 e. The maximum atomic E-state index is 13.0. The minimum atomic E-state index is -2.61. The lowest BCUT2D eigenvalue weighted by atomic mass is 10.1. The van der Waals surface area contributed by atoms with Crippen LogP contribution in [0.4, 0.5) is 8.78 Å². The molecule has 2 heterocycles. The third kappa shape index (κ3) is 7.17. The van der Waals surface area contributed by atoms with Crippen LogP contribution in [0.2, 0.25) is 0 Å². The van der Waals surface area contributed by atoms with Crippen molar-refractivity contribution >= 4 is 29.9 Å². The number of nitrogens with zero attached hydrogens (tertiary/aromatic N) is 4. The number of aliphatic imine (C=N–C) groups is 1. The number of ether oxygens (including phenoxy) is 1. The largest absolute Gasteiger partial charge is 0.379 e. The van der Waals surface area contributed by atoms with Gasteiger partial charge in [-0.25, -0.2) is 9.98 Å². The van der Waals surface area contributed by atoms with Crippen molar-refractivity contribution < 1.29 is 13.5 Å². The number of nitrogens with one attached hydrogen (secondary N) is 2. The maximum Gasteiger partial charge on any atom is 0.319 e. The van der Waals surface area contributed by atoms with Gasteiger partial charge in [0.05, 0.1) is 26.3 Å². The van der Waals surface area contributed by atoms with Crippen molar-refractivity contribution in [1.82, 2.24) is 25.1 Å². The van der Waals surface area contributed by atoms with Crippen LogP contribution >= 0.6 is 24.0 Å². The molecule has 0 unspecified atom stereocenters. The molecule has 7 nitrogen and oxygen atoms in total. The van der Waals surface area contributed by atoms with Gasteiger partial charge in [0.25, 0.3) is 0 Å². The molecule has 2 aromatic rings. The molecule has 0 bridgehead atoms. The highest BCUT2D eigenvalue weighted by Gasteiger charge is 2.13. The number of halogens is 3. The first-order valence-corrected chi connectivity index (χ1v) is 9.86. The van der Waals surface area contributed by atoms with Gasteiger partial charge in [0.2, 0.25) is 0 Å². The minimum absolute atomic E-state index is 0. The molecule has 0 spiro atoms. The summed E-state index contributed by atoms with van der Waals surface area (Å²) in [5, 5.41) is 6.24. The molecule has 1 aliphatic heterocycles. The van der Waals surface area contributed by atoms with Crippen LogP contribution in [0, 0.1) is 0 Å². The zero-order chi connectivity index (χ0) is 20.5. The number of hydrogen-bond donors (Lipinski definition) is 2. The van der Waals surface area contributed by atoms with Gasteiger partial charge in [-0.2, -0.15) is 8.78 Å². The molecule has 0 amide bonds. The summed E-state index contributed by atoms with van der Waals surface area (Å²) in [6, 6.07) is 8.25. The zero-order valence-electron chi connectivity index (χ0n) is 17.1. The third-order valence-electron chi connectivity index (χ3n) is 4.74. The van der Waals surface area contributed by atoms with Crippen LogP contribution in [-0.4, -0.2) is 53.3 Å². The number of morpholine rings is 1. The zero-order valence-corrected chi connectivity index (χ0v) is 19.4. The molecule has 1 aromatic carbocycles. The van der Waals surface area contributed by atoms with Crippen molar-refractivity contribution in [1.29, 1.82) is 0 Å². The molecule has 0 atom stereocenters. The van der Waals surface area contributed by atoms with Crippen LogP contribution in [0.3, 0.4) is 0 Å². The second-order valence-electron chi connectivity index (χ2n) is 6.73. The minimum Gasteiger partial charge on any atom is -0.379 e. The molecule has 30 heavy (non-hydrogen) atoms. The Kier molecular flexibility index (Phi) is 10.4. The SMILES string of the molecule is CCNC(=NCc1ccccc1CN1CCOCC1)NCc1nccn1C(F)F.I. The fourth-order valence-electron chi connectivity index (χ4n) is 3.19. The van der Waals surface area contributed by atoms with Gasteiger partial charge in [0, 0.05) is 38.6 Å². The average molecular weight is 534 g/mol. The van der Waals surface area contributed by atoms with Crippen molar-refractivity contribution in [3.05, 3.63) is 53.6 Å². The van der Waals surface area contributed by atoms with E-state index in [-0.39, 0.29) is 36.3 Å². The predicted molar refractivity (Wildman–Crippen MR) is 123 cm³/mol. The molecular weight excluding hydrogens is 505 g/mol. The molecular formula is C20H29F2IN6O. The fourth-order valence-corrected chi connectivity index (χ4v) is 3.19. The second-order valence-corrected chi connectivity index (χ2v) is 6.73. The molecule has 0 aliphatic carbocycles. The van der Waals surface area contributed by atoms with Gasteiger partial charge >= 0.3 is 6.55 Å².